The van der Waals surface area contributed by atoms with E-state index in [1.54, 1.807) is 11.8 Å². The lowest BCUT2D eigenvalue weighted by Crippen LogP contribution is -2.34. The molecule has 1 atom stereocenters. The molecule has 0 saturated carbocycles. The monoisotopic (exact) mass is 383 g/mol. The van der Waals surface area contributed by atoms with Gasteiger partial charge in [-0.05, 0) is 31.9 Å². The van der Waals surface area contributed by atoms with E-state index in [1.807, 2.05) is 35.9 Å². The highest BCUT2D eigenvalue weighted by Crippen LogP contribution is 2.34. The first-order valence-electron chi connectivity index (χ1n) is 8.91. The molecule has 0 aliphatic carbocycles. The molecule has 0 radical (unpaired) electrons. The summed E-state index contributed by atoms with van der Waals surface area (Å²) in [6.45, 7) is 5.03. The van der Waals surface area contributed by atoms with Gasteiger partial charge in [-0.15, -0.1) is 11.3 Å². The molecule has 1 fully saturated rings. The summed E-state index contributed by atoms with van der Waals surface area (Å²) in [4.78, 5) is 27.6. The highest BCUT2D eigenvalue weighted by atomic mass is 32.1. The minimum Gasteiger partial charge on any atom is -0.481 e. The van der Waals surface area contributed by atoms with Crippen LogP contribution < -0.4 is 0 Å². The summed E-state index contributed by atoms with van der Waals surface area (Å²) < 4.78 is 1.94. The van der Waals surface area contributed by atoms with Crippen molar-refractivity contribution in [3.05, 3.63) is 52.5 Å². The SMILES string of the molecule is Cc1nn(Cc2ccccc2)c2sc(C(=O)N3CCC(C)(C(=O)O)C3)cc12. The Morgan fingerprint density at radius 1 is 1.30 bits per heavy atom. The van der Waals surface area contributed by atoms with Crippen molar-refractivity contribution in [3.8, 4) is 0 Å². The summed E-state index contributed by atoms with van der Waals surface area (Å²) in [5, 5.41) is 15.0. The Balaban J connectivity index is 1.61. The van der Waals surface area contributed by atoms with Crippen molar-refractivity contribution in [2.45, 2.75) is 26.8 Å². The summed E-state index contributed by atoms with van der Waals surface area (Å²) in [5.41, 5.74) is 1.19. The molecule has 2 aromatic heterocycles. The van der Waals surface area contributed by atoms with Gasteiger partial charge < -0.3 is 10.0 Å². The van der Waals surface area contributed by atoms with Gasteiger partial charge in [0, 0.05) is 18.5 Å². The number of nitrogens with zero attached hydrogens (tertiary/aromatic N) is 3. The van der Waals surface area contributed by atoms with E-state index in [-0.39, 0.29) is 12.5 Å². The molecule has 1 aliphatic rings. The molecule has 140 valence electrons. The zero-order chi connectivity index (χ0) is 19.2. The van der Waals surface area contributed by atoms with Crippen LogP contribution in [-0.4, -0.2) is 44.8 Å². The van der Waals surface area contributed by atoms with Crippen LogP contribution in [0.3, 0.4) is 0 Å². The van der Waals surface area contributed by atoms with Crippen LogP contribution in [0.15, 0.2) is 36.4 Å². The fourth-order valence-electron chi connectivity index (χ4n) is 3.55. The van der Waals surface area contributed by atoms with Crippen molar-refractivity contribution in [3.63, 3.8) is 0 Å². The number of carbonyl (C=O) groups excluding carboxylic acids is 1. The summed E-state index contributed by atoms with van der Waals surface area (Å²) in [5.74, 6) is -0.935. The molecule has 1 saturated heterocycles. The minimum atomic E-state index is -0.855. The number of aryl methyl sites for hydroxylation is 1. The third-order valence-electron chi connectivity index (χ3n) is 5.27. The van der Waals surface area contributed by atoms with Gasteiger partial charge in [0.15, 0.2) is 0 Å². The fourth-order valence-corrected chi connectivity index (χ4v) is 4.68. The van der Waals surface area contributed by atoms with Gasteiger partial charge in [0.2, 0.25) is 0 Å². The summed E-state index contributed by atoms with van der Waals surface area (Å²) in [6.07, 6.45) is 0.486. The number of benzene rings is 1. The molecule has 1 aromatic carbocycles. The number of hydrogen-bond acceptors (Lipinski definition) is 4. The topological polar surface area (TPSA) is 75.4 Å². The second-order valence-electron chi connectivity index (χ2n) is 7.40. The number of carboxylic acids is 1. The zero-order valence-corrected chi connectivity index (χ0v) is 16.1. The van der Waals surface area contributed by atoms with E-state index in [4.69, 9.17) is 0 Å². The molecule has 3 aromatic rings. The van der Waals surface area contributed by atoms with Crippen molar-refractivity contribution in [2.75, 3.05) is 13.1 Å². The quantitative estimate of drug-likeness (QED) is 0.749. The van der Waals surface area contributed by atoms with Gasteiger partial charge in [-0.25, -0.2) is 0 Å². The predicted molar refractivity (Wildman–Crippen MR) is 104 cm³/mol. The lowest BCUT2D eigenvalue weighted by molar-refractivity contribution is -0.147. The molecule has 4 rings (SSSR count). The Bertz CT molecular complexity index is 1020. The highest BCUT2D eigenvalue weighted by molar-refractivity contribution is 7.20. The number of aliphatic carboxylic acids is 1. The van der Waals surface area contributed by atoms with Crippen molar-refractivity contribution >= 4 is 33.4 Å². The second-order valence-corrected chi connectivity index (χ2v) is 8.43. The van der Waals surface area contributed by atoms with Crippen LogP contribution in [0.1, 0.15) is 34.3 Å². The van der Waals surface area contributed by atoms with Crippen LogP contribution in [0.5, 0.6) is 0 Å². The van der Waals surface area contributed by atoms with Crippen molar-refractivity contribution < 1.29 is 14.7 Å². The highest BCUT2D eigenvalue weighted by Gasteiger charge is 2.42. The lowest BCUT2D eigenvalue weighted by Gasteiger charge is -2.19. The molecular weight excluding hydrogens is 362 g/mol. The van der Waals surface area contributed by atoms with Crippen LogP contribution in [0.4, 0.5) is 0 Å². The molecular formula is C20H21N3O3S. The normalized spacial score (nSPS) is 19.7. The lowest BCUT2D eigenvalue weighted by atomic mass is 9.90. The van der Waals surface area contributed by atoms with Gasteiger partial charge in [0.05, 0.1) is 22.5 Å². The standard InChI is InChI=1S/C20H21N3O3S/c1-13-15-10-16(17(24)22-9-8-20(2,12-22)19(25)26)27-18(15)23(21-13)11-14-6-4-3-5-7-14/h3-7,10H,8-9,11-12H2,1-2H3,(H,25,26). The van der Waals surface area contributed by atoms with Gasteiger partial charge in [0.1, 0.15) is 4.83 Å². The number of carbonyl (C=O) groups is 2. The zero-order valence-electron chi connectivity index (χ0n) is 15.3. The Labute approximate surface area is 161 Å². The van der Waals surface area contributed by atoms with E-state index in [1.165, 1.54) is 11.3 Å². The van der Waals surface area contributed by atoms with E-state index in [2.05, 4.69) is 17.2 Å². The molecule has 1 N–H and O–H groups in total. The Kier molecular flexibility index (Phi) is 4.26. The largest absolute Gasteiger partial charge is 0.481 e. The molecule has 6 nitrogen and oxygen atoms in total. The predicted octanol–water partition coefficient (Wildman–Crippen LogP) is 3.39. The van der Waals surface area contributed by atoms with E-state index in [9.17, 15) is 14.7 Å². The van der Waals surface area contributed by atoms with Crippen molar-refractivity contribution in [1.29, 1.82) is 0 Å². The van der Waals surface area contributed by atoms with E-state index >= 15 is 0 Å². The molecule has 27 heavy (non-hydrogen) atoms. The fraction of sp³-hybridized carbons (Fsp3) is 0.350. The van der Waals surface area contributed by atoms with Crippen molar-refractivity contribution in [1.82, 2.24) is 14.7 Å². The van der Waals surface area contributed by atoms with Gasteiger partial charge in [-0.1, -0.05) is 30.3 Å². The first-order valence-corrected chi connectivity index (χ1v) is 9.72. The average Bonchev–Trinajstić information content (AvgIpc) is 3.32. The van der Waals surface area contributed by atoms with Gasteiger partial charge in [0.25, 0.3) is 5.91 Å². The number of fused-ring (bicyclic) bond motifs is 1. The third-order valence-corrected chi connectivity index (χ3v) is 6.41. The maximum Gasteiger partial charge on any atom is 0.311 e. The van der Waals surface area contributed by atoms with E-state index in [0.717, 1.165) is 21.5 Å². The van der Waals surface area contributed by atoms with E-state index < -0.39 is 11.4 Å². The van der Waals surface area contributed by atoms with Crippen LogP contribution >= 0.6 is 11.3 Å². The first kappa shape index (κ1) is 17.7. The molecule has 1 amide bonds. The number of thiophene rings is 1. The minimum absolute atomic E-state index is 0.0909. The van der Waals surface area contributed by atoms with Crippen molar-refractivity contribution in [2.24, 2.45) is 5.41 Å². The number of carboxylic acid groups (broad SMARTS) is 1. The summed E-state index contributed by atoms with van der Waals surface area (Å²) in [7, 11) is 0. The van der Waals surface area contributed by atoms with Gasteiger partial charge >= 0.3 is 5.97 Å². The Hall–Kier alpha value is -2.67. The Morgan fingerprint density at radius 3 is 2.70 bits per heavy atom. The van der Waals surface area contributed by atoms with Crippen LogP contribution in [0, 0.1) is 12.3 Å². The smallest absolute Gasteiger partial charge is 0.311 e. The van der Waals surface area contributed by atoms with Gasteiger partial charge in [-0.2, -0.15) is 5.10 Å². The average molecular weight is 383 g/mol. The number of hydrogen-bond donors (Lipinski definition) is 1. The van der Waals surface area contributed by atoms with Crippen LogP contribution in [0.25, 0.3) is 10.2 Å². The number of rotatable bonds is 4. The third kappa shape index (κ3) is 3.12. The number of aromatic nitrogens is 2. The summed E-state index contributed by atoms with van der Waals surface area (Å²) >= 11 is 1.43. The number of amides is 1. The second kappa shape index (κ2) is 6.49. The maximum atomic E-state index is 12.9. The van der Waals surface area contributed by atoms with E-state index in [0.29, 0.717) is 24.4 Å². The molecule has 7 heteroatoms. The molecule has 1 unspecified atom stereocenters. The molecule has 0 spiro atoms. The Morgan fingerprint density at radius 2 is 2.04 bits per heavy atom. The van der Waals surface area contributed by atoms with Gasteiger partial charge in [-0.3, -0.25) is 14.3 Å². The molecule has 1 aliphatic heterocycles. The van der Waals surface area contributed by atoms with Crippen LogP contribution in [0.2, 0.25) is 0 Å². The van der Waals surface area contributed by atoms with Crippen LogP contribution in [-0.2, 0) is 11.3 Å². The molecule has 0 bridgehead atoms. The summed E-state index contributed by atoms with van der Waals surface area (Å²) in [6, 6.07) is 12.0. The molecule has 3 heterocycles. The first-order chi connectivity index (χ1) is 12.9. The number of likely N-dealkylation sites (tertiary alicyclic amines) is 1. The maximum absolute atomic E-state index is 12.9.